The van der Waals surface area contributed by atoms with Crippen LogP contribution >= 0.6 is 0 Å². The Balaban J connectivity index is 1.59. The Bertz CT molecular complexity index is 1860. The molecule has 0 aliphatic heterocycles. The number of hydrogen-bond acceptors (Lipinski definition) is 16. The highest BCUT2D eigenvalue weighted by Gasteiger charge is 2.27. The highest BCUT2D eigenvalue weighted by Crippen LogP contribution is 2.31. The molecule has 5 atom stereocenters. The predicted molar refractivity (Wildman–Crippen MR) is 192 cm³/mol. The van der Waals surface area contributed by atoms with Crippen LogP contribution < -0.4 is 0 Å². The molecule has 3 rings (SSSR count). The number of ketones is 1. The number of phenolic OH excluding ortho intramolecular Hbond substituents is 6. The second-order valence-corrected chi connectivity index (χ2v) is 13.5. The second kappa shape index (κ2) is 19.3. The Morgan fingerprint density at radius 1 is 0.509 bits per heavy atom. The summed E-state index contributed by atoms with van der Waals surface area (Å²) in [7, 11) is 0. The number of ether oxygens (including phenoxy) is 4. The van der Waals surface area contributed by atoms with Crippen molar-refractivity contribution in [3.8, 4) is 34.5 Å². The normalized spacial score (nSPS) is 13.8. The average Bonchev–Trinajstić information content (AvgIpc) is 2.98. The van der Waals surface area contributed by atoms with E-state index in [1.165, 1.54) is 45.9 Å². The first-order chi connectivity index (χ1) is 25.7. The van der Waals surface area contributed by atoms with Crippen molar-refractivity contribution in [3.05, 3.63) is 70.3 Å². The lowest BCUT2D eigenvalue weighted by Crippen LogP contribution is -2.25. The summed E-state index contributed by atoms with van der Waals surface area (Å²) in [6.07, 6.45) is -6.17. The van der Waals surface area contributed by atoms with Crippen molar-refractivity contribution in [1.82, 2.24) is 0 Å². The minimum Gasteiger partial charge on any atom is -0.508 e. The molecule has 0 radical (unpaired) electrons. The zero-order chi connectivity index (χ0) is 41.1. The maximum Gasteiger partial charge on any atom is 0.342 e. The molecule has 55 heavy (non-hydrogen) atoms. The van der Waals surface area contributed by atoms with Crippen LogP contribution in [0.25, 0.3) is 0 Å². The maximum absolute atomic E-state index is 13.2. The van der Waals surface area contributed by atoms with Crippen molar-refractivity contribution in [2.45, 2.75) is 104 Å². The van der Waals surface area contributed by atoms with Gasteiger partial charge in [0.25, 0.3) is 0 Å². The molecule has 298 valence electrons. The van der Waals surface area contributed by atoms with E-state index < -0.39 is 102 Å². The van der Waals surface area contributed by atoms with E-state index >= 15 is 0 Å². The number of aromatic hydroxyl groups is 6. The van der Waals surface area contributed by atoms with E-state index in [0.29, 0.717) is 5.56 Å². The summed E-state index contributed by atoms with van der Waals surface area (Å²) in [6.45, 7) is 7.27. The van der Waals surface area contributed by atoms with Crippen LogP contribution in [0.15, 0.2) is 42.5 Å². The van der Waals surface area contributed by atoms with E-state index in [0.717, 1.165) is 24.3 Å². The molecule has 16 nitrogen and oxygen atoms in total. The zero-order valence-corrected chi connectivity index (χ0v) is 31.0. The van der Waals surface area contributed by atoms with Gasteiger partial charge in [-0.2, -0.15) is 0 Å². The summed E-state index contributed by atoms with van der Waals surface area (Å²) in [4.78, 5) is 63.8. The van der Waals surface area contributed by atoms with Gasteiger partial charge in [-0.1, -0.05) is 0 Å². The largest absolute Gasteiger partial charge is 0.508 e. The van der Waals surface area contributed by atoms with Gasteiger partial charge in [0, 0.05) is 43.9 Å². The van der Waals surface area contributed by atoms with Gasteiger partial charge in [-0.3, -0.25) is 14.4 Å². The Hall–Kier alpha value is -6.03. The third-order valence-electron chi connectivity index (χ3n) is 7.87. The number of rotatable bonds is 18. The lowest BCUT2D eigenvalue weighted by molar-refractivity contribution is -0.151. The van der Waals surface area contributed by atoms with Crippen LogP contribution in [0.4, 0.5) is 0 Å². The number of aliphatic hydroxyl groups is 1. The monoisotopic (exact) mass is 770 g/mol. The molecule has 0 aliphatic rings. The summed E-state index contributed by atoms with van der Waals surface area (Å²) in [6, 6.07) is 8.04. The lowest BCUT2D eigenvalue weighted by atomic mass is 9.98. The average molecular weight is 771 g/mol. The van der Waals surface area contributed by atoms with Crippen molar-refractivity contribution >= 4 is 29.7 Å². The van der Waals surface area contributed by atoms with Gasteiger partial charge < -0.3 is 54.7 Å². The van der Waals surface area contributed by atoms with Crippen LogP contribution in [-0.4, -0.2) is 95.9 Å². The molecule has 0 saturated heterocycles. The van der Waals surface area contributed by atoms with Crippen molar-refractivity contribution in [2.75, 3.05) is 0 Å². The molecule has 0 aromatic heterocycles. The molecule has 3 aromatic rings. The van der Waals surface area contributed by atoms with Crippen LogP contribution in [0.3, 0.4) is 0 Å². The molecular formula is C39H46O16. The van der Waals surface area contributed by atoms with Crippen molar-refractivity contribution in [1.29, 1.82) is 0 Å². The number of carbonyl (C=O) groups excluding carboxylic acids is 5. The molecule has 7 N–H and O–H groups in total. The summed E-state index contributed by atoms with van der Waals surface area (Å²) in [5.74, 6) is -6.58. The fraction of sp³-hybridized carbons (Fsp3) is 0.410. The van der Waals surface area contributed by atoms with E-state index in [4.69, 9.17) is 18.9 Å². The third kappa shape index (κ3) is 13.7. The molecule has 0 aliphatic carbocycles. The zero-order valence-electron chi connectivity index (χ0n) is 31.0. The first kappa shape index (κ1) is 43.4. The fourth-order valence-electron chi connectivity index (χ4n) is 5.80. The number of phenols is 6. The Morgan fingerprint density at radius 2 is 0.927 bits per heavy atom. The fourth-order valence-corrected chi connectivity index (χ4v) is 5.80. The van der Waals surface area contributed by atoms with E-state index in [1.807, 2.05) is 0 Å². The molecule has 5 unspecified atom stereocenters. The lowest BCUT2D eigenvalue weighted by Gasteiger charge is -2.20. The first-order valence-electron chi connectivity index (χ1n) is 17.3. The number of benzene rings is 3. The maximum atomic E-state index is 13.2. The van der Waals surface area contributed by atoms with E-state index in [1.54, 1.807) is 6.92 Å². The molecule has 0 fully saturated rings. The SMILES string of the molecule is CC(O)CC(=O)Cc1cc(O)cc(O)c1C(=O)OC(C)CC(=O)OC(C)Cc1cc(O)cc(O)c1C(=O)OC(C)CC(=O)OC(C)Cc1cc(O)cc(O)c1. The Morgan fingerprint density at radius 3 is 1.40 bits per heavy atom. The van der Waals surface area contributed by atoms with Crippen molar-refractivity contribution < 1.29 is 78.7 Å². The van der Waals surface area contributed by atoms with E-state index in [2.05, 4.69) is 0 Å². The molecule has 0 spiro atoms. The van der Waals surface area contributed by atoms with Crippen LogP contribution in [0, 0.1) is 0 Å². The van der Waals surface area contributed by atoms with Crippen LogP contribution in [0.2, 0.25) is 0 Å². The van der Waals surface area contributed by atoms with E-state index in [-0.39, 0.29) is 53.9 Å². The van der Waals surface area contributed by atoms with Crippen LogP contribution in [0.1, 0.15) is 91.3 Å². The standard InChI is InChI=1S/C39H46O16/c1-19(40)6-27(41)14-26-15-31(45)18-33(47)37(26)39(51)55-23(5)10-35(49)53-21(3)8-25-13-30(44)17-32(46)36(25)38(50)54-22(4)9-34(48)52-20(2)7-24-11-28(42)16-29(43)12-24/h11-13,15-23,40,42-47H,6-10,14H2,1-5H3. The summed E-state index contributed by atoms with van der Waals surface area (Å²) < 4.78 is 21.5. The summed E-state index contributed by atoms with van der Waals surface area (Å²) in [5, 5.41) is 69.8. The molecular weight excluding hydrogens is 724 g/mol. The smallest absolute Gasteiger partial charge is 0.342 e. The minimum absolute atomic E-state index is 0.0421. The van der Waals surface area contributed by atoms with Gasteiger partial charge in [0.05, 0.1) is 18.9 Å². The number of Topliss-reactive ketones (excluding diaryl/α,β-unsaturated/α-hetero) is 1. The molecule has 0 amide bonds. The predicted octanol–water partition coefficient (Wildman–Crippen LogP) is 4.02. The number of aliphatic hydroxyl groups excluding tert-OH is 1. The van der Waals surface area contributed by atoms with Gasteiger partial charge in [0.15, 0.2) is 0 Å². The molecule has 0 heterocycles. The molecule has 0 saturated carbocycles. The second-order valence-electron chi connectivity index (χ2n) is 13.5. The molecule has 3 aromatic carbocycles. The van der Waals surface area contributed by atoms with Crippen LogP contribution in [0.5, 0.6) is 34.5 Å². The first-order valence-corrected chi connectivity index (χ1v) is 17.3. The highest BCUT2D eigenvalue weighted by molar-refractivity contribution is 5.97. The Kier molecular flexibility index (Phi) is 15.3. The summed E-state index contributed by atoms with van der Waals surface area (Å²) in [5.41, 5.74) is -0.238. The van der Waals surface area contributed by atoms with Gasteiger partial charge in [0.1, 0.15) is 75.8 Å². The van der Waals surface area contributed by atoms with Gasteiger partial charge in [-0.15, -0.1) is 0 Å². The number of hydrogen-bond donors (Lipinski definition) is 7. The topological polar surface area (TPSA) is 264 Å². The van der Waals surface area contributed by atoms with Crippen molar-refractivity contribution in [2.24, 2.45) is 0 Å². The van der Waals surface area contributed by atoms with Crippen LogP contribution in [-0.2, 0) is 52.6 Å². The number of esters is 4. The molecule has 0 bridgehead atoms. The molecule has 16 heteroatoms. The minimum atomic E-state index is -1.10. The highest BCUT2D eigenvalue weighted by atomic mass is 16.6. The van der Waals surface area contributed by atoms with Gasteiger partial charge in [0.2, 0.25) is 0 Å². The van der Waals surface area contributed by atoms with Crippen molar-refractivity contribution in [3.63, 3.8) is 0 Å². The van der Waals surface area contributed by atoms with Gasteiger partial charge in [-0.25, -0.2) is 9.59 Å². The van der Waals surface area contributed by atoms with Gasteiger partial charge in [-0.05, 0) is 75.6 Å². The third-order valence-corrected chi connectivity index (χ3v) is 7.87. The van der Waals surface area contributed by atoms with Gasteiger partial charge >= 0.3 is 23.9 Å². The quantitative estimate of drug-likeness (QED) is 0.0711. The number of carbonyl (C=O) groups is 5. The Labute approximate surface area is 316 Å². The van der Waals surface area contributed by atoms with E-state index in [9.17, 15) is 59.7 Å². The summed E-state index contributed by atoms with van der Waals surface area (Å²) >= 11 is 0.